The average molecular weight is 326 g/mol. The summed E-state index contributed by atoms with van der Waals surface area (Å²) in [5, 5.41) is 3.53. The molecule has 1 amide bonds. The summed E-state index contributed by atoms with van der Waals surface area (Å²) in [6.45, 7) is 3.83. The van der Waals surface area contributed by atoms with Crippen LogP contribution in [0.15, 0.2) is 53.3 Å². The molecule has 0 aliphatic carbocycles. The molecule has 0 radical (unpaired) electrons. The monoisotopic (exact) mass is 326 g/mol. The van der Waals surface area contributed by atoms with E-state index in [1.807, 2.05) is 42.5 Å². The summed E-state index contributed by atoms with van der Waals surface area (Å²) < 4.78 is 2.42. The Labute approximate surface area is 138 Å². The van der Waals surface area contributed by atoms with Crippen molar-refractivity contribution in [2.75, 3.05) is 5.32 Å². The number of carbonyl (C=O) groups is 1. The predicted molar refractivity (Wildman–Crippen MR) is 95.2 cm³/mol. The first-order valence-electron chi connectivity index (χ1n) is 7.60. The van der Waals surface area contributed by atoms with Gasteiger partial charge in [-0.05, 0) is 43.2 Å². The number of nitrogens with zero attached hydrogens (tertiary/aromatic N) is 1. The Morgan fingerprint density at radius 3 is 2.52 bits per heavy atom. The van der Waals surface area contributed by atoms with Crippen molar-refractivity contribution in [2.24, 2.45) is 0 Å². The fourth-order valence-corrected chi connectivity index (χ4v) is 3.46. The zero-order valence-corrected chi connectivity index (χ0v) is 13.9. The van der Waals surface area contributed by atoms with Gasteiger partial charge in [-0.15, -0.1) is 0 Å². The predicted octanol–water partition coefficient (Wildman–Crippen LogP) is 3.83. The largest absolute Gasteiger partial charge is 0.324 e. The highest BCUT2D eigenvalue weighted by atomic mass is 32.1. The Morgan fingerprint density at radius 1 is 1.17 bits per heavy atom. The van der Waals surface area contributed by atoms with Crippen LogP contribution in [-0.4, -0.2) is 9.86 Å². The molecule has 23 heavy (non-hydrogen) atoms. The van der Waals surface area contributed by atoms with Gasteiger partial charge >= 0.3 is 0 Å². The van der Waals surface area contributed by atoms with Crippen LogP contribution in [0.1, 0.15) is 25.5 Å². The summed E-state index contributed by atoms with van der Waals surface area (Å²) in [6, 6.07) is 14.6. The molecule has 0 bridgehead atoms. The molecule has 3 rings (SSSR count). The van der Waals surface area contributed by atoms with Crippen LogP contribution >= 0.6 is 11.5 Å². The van der Waals surface area contributed by atoms with E-state index in [2.05, 4.69) is 12.2 Å². The van der Waals surface area contributed by atoms with Crippen molar-refractivity contribution >= 4 is 33.2 Å². The summed E-state index contributed by atoms with van der Waals surface area (Å²) >= 11 is 1.32. The van der Waals surface area contributed by atoms with Crippen molar-refractivity contribution in [3.63, 3.8) is 0 Å². The molecule has 0 fully saturated rings. The van der Waals surface area contributed by atoms with E-state index in [1.165, 1.54) is 21.1 Å². The molecular formula is C18H18N2O2S. The fraction of sp³-hybridized carbons (Fsp3) is 0.222. The number of hydrogen-bond donors (Lipinski definition) is 1. The maximum absolute atomic E-state index is 12.4. The molecule has 3 aromatic rings. The second-order valence-electron chi connectivity index (χ2n) is 5.43. The van der Waals surface area contributed by atoms with Gasteiger partial charge in [0.25, 0.3) is 5.56 Å². The van der Waals surface area contributed by atoms with Gasteiger partial charge in [-0.2, -0.15) is 0 Å². The van der Waals surface area contributed by atoms with E-state index in [9.17, 15) is 9.59 Å². The minimum Gasteiger partial charge on any atom is -0.324 e. The second-order valence-corrected chi connectivity index (χ2v) is 6.45. The van der Waals surface area contributed by atoms with E-state index in [1.54, 1.807) is 13.0 Å². The molecule has 0 saturated heterocycles. The Kier molecular flexibility index (Phi) is 4.30. The topological polar surface area (TPSA) is 51.1 Å². The van der Waals surface area contributed by atoms with Crippen LogP contribution in [0.4, 0.5) is 5.69 Å². The lowest BCUT2D eigenvalue weighted by atomic mass is 10.1. The minimum atomic E-state index is -0.550. The molecular weight excluding hydrogens is 308 g/mol. The first-order valence-corrected chi connectivity index (χ1v) is 8.38. The summed E-state index contributed by atoms with van der Waals surface area (Å²) in [5.74, 6) is -0.192. The van der Waals surface area contributed by atoms with Crippen molar-refractivity contribution in [3.8, 4) is 0 Å². The number of nitrogens with one attached hydrogen (secondary N) is 1. The van der Waals surface area contributed by atoms with Crippen LogP contribution < -0.4 is 10.9 Å². The molecule has 1 N–H and O–H groups in total. The quantitative estimate of drug-likeness (QED) is 0.792. The number of carbonyl (C=O) groups excluding carboxylic acids is 1. The van der Waals surface area contributed by atoms with Crippen LogP contribution in [-0.2, 0) is 11.2 Å². The number of aromatic nitrogens is 1. The Bertz CT molecular complexity index is 893. The number of rotatable bonds is 4. The lowest BCUT2D eigenvalue weighted by molar-refractivity contribution is -0.118. The van der Waals surface area contributed by atoms with Crippen molar-refractivity contribution in [1.82, 2.24) is 3.96 Å². The Balaban J connectivity index is 1.83. The van der Waals surface area contributed by atoms with Crippen LogP contribution in [0.2, 0.25) is 0 Å². The van der Waals surface area contributed by atoms with Crippen LogP contribution in [0.25, 0.3) is 10.1 Å². The standard InChI is InChI=1S/C18H18N2O2S/c1-3-13-8-10-14(11-9-13)19-17(21)12(2)20-18(22)15-6-4-5-7-16(15)23-20/h4-12H,3H2,1-2H3,(H,19,21). The van der Waals surface area contributed by atoms with Gasteiger partial charge in [0.15, 0.2) is 0 Å². The van der Waals surface area contributed by atoms with E-state index in [-0.39, 0.29) is 11.5 Å². The number of amides is 1. The summed E-state index contributed by atoms with van der Waals surface area (Å²) in [7, 11) is 0. The summed E-state index contributed by atoms with van der Waals surface area (Å²) in [4.78, 5) is 24.8. The number of anilines is 1. The first kappa shape index (κ1) is 15.5. The van der Waals surface area contributed by atoms with Crippen molar-refractivity contribution in [1.29, 1.82) is 0 Å². The molecule has 0 aliphatic rings. The van der Waals surface area contributed by atoms with Gasteiger partial charge in [-0.3, -0.25) is 13.5 Å². The molecule has 0 spiro atoms. The van der Waals surface area contributed by atoms with Crippen molar-refractivity contribution < 1.29 is 4.79 Å². The van der Waals surface area contributed by atoms with E-state index in [4.69, 9.17) is 0 Å². The molecule has 1 heterocycles. The molecule has 1 atom stereocenters. The zero-order valence-electron chi connectivity index (χ0n) is 13.1. The summed E-state index contributed by atoms with van der Waals surface area (Å²) in [6.07, 6.45) is 0.960. The van der Waals surface area contributed by atoms with Gasteiger partial charge in [-0.25, -0.2) is 0 Å². The lowest BCUT2D eigenvalue weighted by Crippen LogP contribution is -2.28. The van der Waals surface area contributed by atoms with Crippen LogP contribution in [0.3, 0.4) is 0 Å². The highest BCUT2D eigenvalue weighted by molar-refractivity contribution is 7.14. The second kappa shape index (κ2) is 6.38. The van der Waals surface area contributed by atoms with Gasteiger partial charge in [0, 0.05) is 5.69 Å². The fourth-order valence-electron chi connectivity index (χ4n) is 2.42. The maximum Gasteiger partial charge on any atom is 0.269 e. The molecule has 1 unspecified atom stereocenters. The normalized spacial score (nSPS) is 12.3. The van der Waals surface area contributed by atoms with Gasteiger partial charge in [0.1, 0.15) is 6.04 Å². The molecule has 0 saturated carbocycles. The number of fused-ring (bicyclic) bond motifs is 1. The van der Waals surface area contributed by atoms with Gasteiger partial charge < -0.3 is 5.32 Å². The van der Waals surface area contributed by atoms with Gasteiger partial charge in [-0.1, -0.05) is 42.7 Å². The van der Waals surface area contributed by atoms with Crippen LogP contribution in [0.5, 0.6) is 0 Å². The van der Waals surface area contributed by atoms with E-state index < -0.39 is 6.04 Å². The van der Waals surface area contributed by atoms with Gasteiger partial charge in [0.2, 0.25) is 5.91 Å². The Hall–Kier alpha value is -2.40. The van der Waals surface area contributed by atoms with Crippen LogP contribution in [0, 0.1) is 0 Å². The molecule has 5 heteroatoms. The highest BCUT2D eigenvalue weighted by Gasteiger charge is 2.19. The molecule has 4 nitrogen and oxygen atoms in total. The molecule has 2 aromatic carbocycles. The minimum absolute atomic E-state index is 0.116. The van der Waals surface area contributed by atoms with E-state index in [0.29, 0.717) is 5.39 Å². The Morgan fingerprint density at radius 2 is 1.87 bits per heavy atom. The molecule has 118 valence electrons. The third-order valence-electron chi connectivity index (χ3n) is 3.88. The molecule has 1 aromatic heterocycles. The third kappa shape index (κ3) is 3.05. The highest BCUT2D eigenvalue weighted by Crippen LogP contribution is 2.20. The van der Waals surface area contributed by atoms with Gasteiger partial charge in [0.05, 0.1) is 10.1 Å². The number of benzene rings is 2. The van der Waals surface area contributed by atoms with Crippen molar-refractivity contribution in [3.05, 3.63) is 64.4 Å². The average Bonchev–Trinajstić information content (AvgIpc) is 2.92. The lowest BCUT2D eigenvalue weighted by Gasteiger charge is -2.12. The number of hydrogen-bond acceptors (Lipinski definition) is 3. The number of aryl methyl sites for hydroxylation is 1. The summed E-state index contributed by atoms with van der Waals surface area (Å²) in [5.41, 5.74) is 1.85. The zero-order chi connectivity index (χ0) is 16.4. The third-order valence-corrected chi connectivity index (χ3v) is 5.11. The maximum atomic E-state index is 12.4. The van der Waals surface area contributed by atoms with E-state index >= 15 is 0 Å². The molecule has 0 aliphatic heterocycles. The van der Waals surface area contributed by atoms with E-state index in [0.717, 1.165) is 16.8 Å². The first-order chi connectivity index (χ1) is 11.1. The smallest absolute Gasteiger partial charge is 0.269 e. The van der Waals surface area contributed by atoms with Crippen molar-refractivity contribution in [2.45, 2.75) is 26.3 Å². The SMILES string of the molecule is CCc1ccc(NC(=O)C(C)n2sc3ccccc3c2=O)cc1.